The highest BCUT2D eigenvalue weighted by molar-refractivity contribution is 6.08. The van der Waals surface area contributed by atoms with E-state index < -0.39 is 6.10 Å². The quantitative estimate of drug-likeness (QED) is 0.643. The molecule has 0 amide bonds. The van der Waals surface area contributed by atoms with E-state index in [0.717, 1.165) is 5.56 Å². The molecule has 0 spiro atoms. The largest absolute Gasteiger partial charge is 0.389 e. The van der Waals surface area contributed by atoms with Gasteiger partial charge in [0.2, 0.25) is 0 Å². The maximum atomic E-state index is 9.41. The van der Waals surface area contributed by atoms with E-state index in [-0.39, 0.29) is 0 Å². The Morgan fingerprint density at radius 1 is 1.42 bits per heavy atom. The second-order valence-corrected chi connectivity index (χ2v) is 2.66. The number of aliphatic hydroxyl groups is 1. The van der Waals surface area contributed by atoms with Gasteiger partial charge in [0.15, 0.2) is 0 Å². The second-order valence-electron chi connectivity index (χ2n) is 2.66. The fourth-order valence-corrected chi connectivity index (χ4v) is 1.02. The average molecular weight is 159 g/mol. The second kappa shape index (κ2) is 3.94. The van der Waals surface area contributed by atoms with Crippen molar-refractivity contribution in [1.82, 2.24) is 0 Å². The highest BCUT2D eigenvalue weighted by Gasteiger charge is 2.02. The number of aliphatic hydroxyl groups excluding tert-OH is 1. The number of hydrogen-bond donors (Lipinski definition) is 1. The SMILES string of the molecule is BC[C@@H](O)c1ccc(C#N)cc1. The van der Waals surface area contributed by atoms with Crippen LogP contribution in [0.4, 0.5) is 0 Å². The lowest BCUT2D eigenvalue weighted by molar-refractivity contribution is 0.200. The number of nitrogens with zero attached hydrogens (tertiary/aromatic N) is 1. The van der Waals surface area contributed by atoms with E-state index in [1.165, 1.54) is 0 Å². The number of nitriles is 1. The van der Waals surface area contributed by atoms with Gasteiger partial charge in [0.25, 0.3) is 0 Å². The van der Waals surface area contributed by atoms with Crippen LogP contribution in [0.25, 0.3) is 0 Å². The molecule has 0 aliphatic carbocycles. The van der Waals surface area contributed by atoms with Crippen LogP contribution in [0.1, 0.15) is 17.2 Å². The average Bonchev–Trinajstić information content (AvgIpc) is 2.17. The van der Waals surface area contributed by atoms with Gasteiger partial charge < -0.3 is 5.11 Å². The summed E-state index contributed by atoms with van der Waals surface area (Å²) in [7, 11) is 1.92. The van der Waals surface area contributed by atoms with Crippen LogP contribution >= 0.6 is 0 Å². The Labute approximate surface area is 72.9 Å². The highest BCUT2D eigenvalue weighted by Crippen LogP contribution is 2.15. The van der Waals surface area contributed by atoms with Crippen LogP contribution in [0.5, 0.6) is 0 Å². The number of hydrogen-bond acceptors (Lipinski definition) is 2. The molecule has 3 heteroatoms. The number of rotatable bonds is 2. The minimum atomic E-state index is -0.405. The van der Waals surface area contributed by atoms with Gasteiger partial charge in [-0.1, -0.05) is 18.5 Å². The molecular formula is C9H10BNO. The van der Waals surface area contributed by atoms with Crippen LogP contribution in [0.15, 0.2) is 24.3 Å². The molecule has 0 fully saturated rings. The minimum absolute atomic E-state index is 0.405. The monoisotopic (exact) mass is 159 g/mol. The Morgan fingerprint density at radius 3 is 2.42 bits per heavy atom. The van der Waals surface area contributed by atoms with Crippen LogP contribution < -0.4 is 0 Å². The summed E-state index contributed by atoms with van der Waals surface area (Å²) < 4.78 is 0. The molecule has 0 saturated carbocycles. The molecule has 0 aliphatic rings. The molecule has 1 aromatic carbocycles. The minimum Gasteiger partial charge on any atom is -0.389 e. The lowest BCUT2D eigenvalue weighted by Gasteiger charge is -2.06. The molecule has 60 valence electrons. The van der Waals surface area contributed by atoms with Crippen molar-refractivity contribution in [3.05, 3.63) is 35.4 Å². The smallest absolute Gasteiger partial charge is 0.105 e. The van der Waals surface area contributed by atoms with Crippen LogP contribution in [-0.4, -0.2) is 13.0 Å². The molecule has 1 N–H and O–H groups in total. The summed E-state index contributed by atoms with van der Waals surface area (Å²) >= 11 is 0. The first kappa shape index (κ1) is 8.83. The molecule has 0 aliphatic heterocycles. The normalized spacial score (nSPS) is 12.0. The fourth-order valence-electron chi connectivity index (χ4n) is 1.02. The van der Waals surface area contributed by atoms with Crippen LogP contribution in [0.3, 0.4) is 0 Å². The standard InChI is InChI=1S/C9H10BNO/c10-5-9(12)8-3-1-7(6-11)2-4-8/h1-4,9,12H,5,10H2/t9-/m1/s1. The Bertz CT molecular complexity index is 288. The zero-order valence-corrected chi connectivity index (χ0v) is 6.99. The van der Waals surface area contributed by atoms with Gasteiger partial charge in [-0.25, -0.2) is 0 Å². The van der Waals surface area contributed by atoms with E-state index in [9.17, 15) is 5.11 Å². The Balaban J connectivity index is 2.86. The van der Waals surface area contributed by atoms with Crippen molar-refractivity contribution in [3.63, 3.8) is 0 Å². The Kier molecular flexibility index (Phi) is 2.90. The van der Waals surface area contributed by atoms with Crippen molar-refractivity contribution in [2.75, 3.05) is 0 Å². The zero-order chi connectivity index (χ0) is 8.97. The summed E-state index contributed by atoms with van der Waals surface area (Å²) in [5, 5.41) is 17.9. The van der Waals surface area contributed by atoms with Gasteiger partial charge in [-0.05, 0) is 17.7 Å². The van der Waals surface area contributed by atoms with Gasteiger partial charge in [-0.2, -0.15) is 5.26 Å². The molecule has 0 saturated heterocycles. The Hall–Kier alpha value is -1.27. The van der Waals surface area contributed by atoms with Crippen LogP contribution in [0.2, 0.25) is 6.32 Å². The molecule has 1 rings (SSSR count). The third-order valence-corrected chi connectivity index (χ3v) is 1.81. The highest BCUT2D eigenvalue weighted by atomic mass is 16.3. The van der Waals surface area contributed by atoms with Gasteiger partial charge in [0.1, 0.15) is 7.85 Å². The van der Waals surface area contributed by atoms with Crippen molar-refractivity contribution >= 4 is 7.85 Å². The molecule has 0 radical (unpaired) electrons. The molecule has 0 bridgehead atoms. The molecular weight excluding hydrogens is 149 g/mol. The maximum absolute atomic E-state index is 9.41. The summed E-state index contributed by atoms with van der Waals surface area (Å²) in [5.74, 6) is 0. The van der Waals surface area contributed by atoms with Gasteiger partial charge in [-0.15, -0.1) is 0 Å². The molecule has 0 unspecified atom stereocenters. The molecule has 0 aromatic heterocycles. The summed E-state index contributed by atoms with van der Waals surface area (Å²) in [6, 6.07) is 9.03. The molecule has 1 atom stereocenters. The zero-order valence-electron chi connectivity index (χ0n) is 6.99. The topological polar surface area (TPSA) is 44.0 Å². The van der Waals surface area contributed by atoms with Crippen molar-refractivity contribution in [1.29, 1.82) is 5.26 Å². The lowest BCUT2D eigenvalue weighted by atomic mass is 9.94. The predicted octanol–water partition coefficient (Wildman–Crippen LogP) is 0.643. The van der Waals surface area contributed by atoms with Crippen LogP contribution in [0, 0.1) is 11.3 Å². The van der Waals surface area contributed by atoms with Crippen molar-refractivity contribution in [2.24, 2.45) is 0 Å². The third-order valence-electron chi connectivity index (χ3n) is 1.81. The summed E-state index contributed by atoms with van der Waals surface area (Å²) in [4.78, 5) is 0. The van der Waals surface area contributed by atoms with E-state index >= 15 is 0 Å². The fraction of sp³-hybridized carbons (Fsp3) is 0.222. The van der Waals surface area contributed by atoms with Crippen LogP contribution in [-0.2, 0) is 0 Å². The van der Waals surface area contributed by atoms with Crippen molar-refractivity contribution in [2.45, 2.75) is 12.4 Å². The molecule has 1 aromatic rings. The maximum Gasteiger partial charge on any atom is 0.105 e. The van der Waals surface area contributed by atoms with E-state index in [0.29, 0.717) is 11.9 Å². The predicted molar refractivity (Wildman–Crippen MR) is 49.5 cm³/mol. The van der Waals surface area contributed by atoms with Crippen molar-refractivity contribution in [3.8, 4) is 6.07 Å². The summed E-state index contributed by atoms with van der Waals surface area (Å²) in [6.07, 6.45) is 0.295. The third kappa shape index (κ3) is 1.87. The summed E-state index contributed by atoms with van der Waals surface area (Å²) in [6.45, 7) is 0. The summed E-state index contributed by atoms with van der Waals surface area (Å²) in [5.41, 5.74) is 1.50. The molecule has 12 heavy (non-hydrogen) atoms. The molecule has 0 heterocycles. The van der Waals surface area contributed by atoms with Gasteiger partial charge in [-0.3, -0.25) is 0 Å². The Morgan fingerprint density at radius 2 is 2.00 bits per heavy atom. The van der Waals surface area contributed by atoms with E-state index in [1.807, 2.05) is 13.9 Å². The van der Waals surface area contributed by atoms with Crippen molar-refractivity contribution < 1.29 is 5.11 Å². The lowest BCUT2D eigenvalue weighted by Crippen LogP contribution is -1.95. The first-order valence-electron chi connectivity index (χ1n) is 3.96. The first-order chi connectivity index (χ1) is 5.77. The van der Waals surface area contributed by atoms with E-state index in [4.69, 9.17) is 5.26 Å². The first-order valence-corrected chi connectivity index (χ1v) is 3.96. The van der Waals surface area contributed by atoms with Gasteiger partial charge in [0.05, 0.1) is 17.7 Å². The van der Waals surface area contributed by atoms with Gasteiger partial charge in [0, 0.05) is 0 Å². The molecule has 2 nitrogen and oxygen atoms in total. The number of benzene rings is 1. The van der Waals surface area contributed by atoms with Gasteiger partial charge >= 0.3 is 0 Å². The van der Waals surface area contributed by atoms with E-state index in [1.54, 1.807) is 24.3 Å². The van der Waals surface area contributed by atoms with E-state index in [2.05, 4.69) is 0 Å².